The highest BCUT2D eigenvalue weighted by Gasteiger charge is 2.12. The minimum absolute atomic E-state index is 0.205. The van der Waals surface area contributed by atoms with Crippen molar-refractivity contribution in [3.8, 4) is 0 Å². The molecule has 0 aliphatic heterocycles. The van der Waals surface area contributed by atoms with Gasteiger partial charge in [0.15, 0.2) is 0 Å². The van der Waals surface area contributed by atoms with Crippen LogP contribution < -0.4 is 16.2 Å². The Morgan fingerprint density at radius 1 is 1.14 bits per heavy atom. The van der Waals surface area contributed by atoms with Gasteiger partial charge in [0.2, 0.25) is 11.9 Å². The van der Waals surface area contributed by atoms with Crippen molar-refractivity contribution in [3.63, 3.8) is 0 Å². The third-order valence-electron chi connectivity index (χ3n) is 3.94. The highest BCUT2D eigenvalue weighted by Crippen LogP contribution is 2.14. The molecule has 0 saturated heterocycles. The SMILES string of the molecule is Cc1cc(=O)n(CC(=O)NCc2ccc(Cl)cc2)c(Nc2ccc(F)cc2)n1. The zero-order valence-corrected chi connectivity index (χ0v) is 15.8. The fourth-order valence-corrected chi connectivity index (χ4v) is 2.66. The second-order valence-electron chi connectivity index (χ2n) is 6.18. The molecule has 3 aromatic rings. The average Bonchev–Trinajstić information content (AvgIpc) is 2.66. The van der Waals surface area contributed by atoms with Gasteiger partial charge in [0.1, 0.15) is 12.4 Å². The zero-order valence-electron chi connectivity index (χ0n) is 15.1. The van der Waals surface area contributed by atoms with Crippen LogP contribution in [-0.2, 0) is 17.9 Å². The molecule has 0 atom stereocenters. The van der Waals surface area contributed by atoms with Crippen LogP contribution >= 0.6 is 11.6 Å². The zero-order chi connectivity index (χ0) is 20.1. The first kappa shape index (κ1) is 19.6. The number of aromatic nitrogens is 2. The number of carbonyl (C=O) groups excluding carboxylic acids is 1. The van der Waals surface area contributed by atoms with E-state index in [1.54, 1.807) is 19.1 Å². The van der Waals surface area contributed by atoms with Crippen molar-refractivity contribution < 1.29 is 9.18 Å². The summed E-state index contributed by atoms with van der Waals surface area (Å²) in [5, 5.41) is 6.33. The molecule has 28 heavy (non-hydrogen) atoms. The molecule has 0 radical (unpaired) electrons. The molecule has 6 nitrogen and oxygen atoms in total. The summed E-state index contributed by atoms with van der Waals surface area (Å²) in [5.74, 6) is -0.509. The van der Waals surface area contributed by atoms with Crippen molar-refractivity contribution in [1.82, 2.24) is 14.9 Å². The van der Waals surface area contributed by atoms with Gasteiger partial charge in [-0.15, -0.1) is 0 Å². The summed E-state index contributed by atoms with van der Waals surface area (Å²) in [4.78, 5) is 29.0. The van der Waals surface area contributed by atoms with Crippen LogP contribution in [0, 0.1) is 12.7 Å². The summed E-state index contributed by atoms with van der Waals surface area (Å²) < 4.78 is 14.3. The topological polar surface area (TPSA) is 76.0 Å². The number of carbonyl (C=O) groups is 1. The molecule has 144 valence electrons. The van der Waals surface area contributed by atoms with Gasteiger partial charge in [0.25, 0.3) is 5.56 Å². The minimum atomic E-state index is -0.373. The lowest BCUT2D eigenvalue weighted by Gasteiger charge is -2.14. The largest absolute Gasteiger partial charge is 0.350 e. The second kappa shape index (κ2) is 8.67. The number of rotatable bonds is 6. The first-order chi connectivity index (χ1) is 13.4. The Morgan fingerprint density at radius 2 is 1.82 bits per heavy atom. The number of hydrogen-bond acceptors (Lipinski definition) is 4. The Labute approximate surface area is 166 Å². The van der Waals surface area contributed by atoms with Gasteiger partial charge >= 0.3 is 0 Å². The Morgan fingerprint density at radius 3 is 2.50 bits per heavy atom. The van der Waals surface area contributed by atoms with Crippen molar-refractivity contribution in [3.05, 3.63) is 87.0 Å². The predicted octanol–water partition coefficient (Wildman–Crippen LogP) is 3.40. The van der Waals surface area contributed by atoms with Crippen molar-refractivity contribution >= 4 is 29.1 Å². The van der Waals surface area contributed by atoms with Crippen LogP contribution in [0.5, 0.6) is 0 Å². The van der Waals surface area contributed by atoms with Gasteiger partial charge in [-0.3, -0.25) is 14.2 Å². The Balaban J connectivity index is 1.74. The number of amides is 1. The van der Waals surface area contributed by atoms with E-state index in [-0.39, 0.29) is 29.8 Å². The molecule has 8 heteroatoms. The monoisotopic (exact) mass is 400 g/mol. The lowest BCUT2D eigenvalue weighted by molar-refractivity contribution is -0.121. The molecule has 0 bridgehead atoms. The van der Waals surface area contributed by atoms with E-state index in [1.807, 2.05) is 12.1 Å². The maximum Gasteiger partial charge on any atom is 0.255 e. The van der Waals surface area contributed by atoms with Crippen molar-refractivity contribution in [1.29, 1.82) is 0 Å². The van der Waals surface area contributed by atoms with Crippen LogP contribution in [-0.4, -0.2) is 15.5 Å². The van der Waals surface area contributed by atoms with Gasteiger partial charge in [-0.25, -0.2) is 9.37 Å². The predicted molar refractivity (Wildman–Crippen MR) is 106 cm³/mol. The first-order valence-corrected chi connectivity index (χ1v) is 8.91. The maximum absolute atomic E-state index is 13.1. The summed E-state index contributed by atoms with van der Waals surface area (Å²) in [6.07, 6.45) is 0. The van der Waals surface area contributed by atoms with Gasteiger partial charge in [-0.1, -0.05) is 23.7 Å². The van der Waals surface area contributed by atoms with E-state index in [9.17, 15) is 14.0 Å². The smallest absolute Gasteiger partial charge is 0.255 e. The Hall–Kier alpha value is -3.19. The molecule has 0 spiro atoms. The third-order valence-corrected chi connectivity index (χ3v) is 4.19. The van der Waals surface area contributed by atoms with E-state index in [4.69, 9.17) is 11.6 Å². The van der Waals surface area contributed by atoms with Crippen molar-refractivity contribution in [2.45, 2.75) is 20.0 Å². The van der Waals surface area contributed by atoms with Gasteiger partial charge < -0.3 is 10.6 Å². The highest BCUT2D eigenvalue weighted by atomic mass is 35.5. The van der Waals surface area contributed by atoms with Crippen molar-refractivity contribution in [2.24, 2.45) is 0 Å². The minimum Gasteiger partial charge on any atom is -0.350 e. The van der Waals surface area contributed by atoms with Gasteiger partial charge in [-0.05, 0) is 48.9 Å². The van der Waals surface area contributed by atoms with E-state index < -0.39 is 0 Å². The maximum atomic E-state index is 13.1. The Kier molecular flexibility index (Phi) is 6.06. The number of hydrogen-bond donors (Lipinski definition) is 2. The third kappa shape index (κ3) is 5.17. The van der Waals surface area contributed by atoms with Gasteiger partial charge in [0, 0.05) is 29.0 Å². The van der Waals surface area contributed by atoms with Crippen LogP contribution in [0.15, 0.2) is 59.4 Å². The normalized spacial score (nSPS) is 10.5. The van der Waals surface area contributed by atoms with E-state index in [0.29, 0.717) is 22.9 Å². The molecule has 3 rings (SSSR count). The molecule has 0 aliphatic carbocycles. The van der Waals surface area contributed by atoms with Crippen LogP contribution in [0.4, 0.5) is 16.0 Å². The van der Waals surface area contributed by atoms with E-state index in [2.05, 4.69) is 15.6 Å². The van der Waals surface area contributed by atoms with E-state index in [0.717, 1.165) is 5.56 Å². The summed E-state index contributed by atoms with van der Waals surface area (Å²) in [6.45, 7) is 1.79. The van der Waals surface area contributed by atoms with Crippen LogP contribution in [0.2, 0.25) is 5.02 Å². The molecular weight excluding hydrogens is 383 g/mol. The summed E-state index contributed by atoms with van der Waals surface area (Å²) in [6, 6.07) is 14.1. The summed E-state index contributed by atoms with van der Waals surface area (Å²) >= 11 is 5.84. The van der Waals surface area contributed by atoms with Gasteiger partial charge in [-0.2, -0.15) is 0 Å². The highest BCUT2D eigenvalue weighted by molar-refractivity contribution is 6.30. The first-order valence-electron chi connectivity index (χ1n) is 8.53. The van der Waals surface area contributed by atoms with Crippen molar-refractivity contribution in [2.75, 3.05) is 5.32 Å². The standard InChI is InChI=1S/C20H18ClFN4O2/c1-13-10-19(28)26(20(24-13)25-17-8-6-16(22)7-9-17)12-18(27)23-11-14-2-4-15(21)5-3-14/h2-10H,11-12H2,1H3,(H,23,27)(H,24,25). The van der Waals surface area contributed by atoms with E-state index in [1.165, 1.54) is 34.9 Å². The molecule has 2 aromatic carbocycles. The molecule has 1 heterocycles. The summed E-state index contributed by atoms with van der Waals surface area (Å²) in [7, 11) is 0. The lowest BCUT2D eigenvalue weighted by Crippen LogP contribution is -2.33. The quantitative estimate of drug-likeness (QED) is 0.665. The average molecular weight is 401 g/mol. The molecule has 0 aliphatic rings. The molecule has 1 aromatic heterocycles. The summed E-state index contributed by atoms with van der Waals surface area (Å²) in [5.41, 5.74) is 1.58. The second-order valence-corrected chi connectivity index (χ2v) is 6.62. The fraction of sp³-hybridized carbons (Fsp3) is 0.150. The fourth-order valence-electron chi connectivity index (χ4n) is 2.53. The number of anilines is 2. The van der Waals surface area contributed by atoms with E-state index >= 15 is 0 Å². The number of nitrogens with one attached hydrogen (secondary N) is 2. The van der Waals surface area contributed by atoms with Crippen LogP contribution in [0.3, 0.4) is 0 Å². The van der Waals surface area contributed by atoms with Gasteiger partial charge in [0.05, 0.1) is 0 Å². The number of benzene rings is 2. The molecule has 0 saturated carbocycles. The van der Waals surface area contributed by atoms with Crippen LogP contribution in [0.1, 0.15) is 11.3 Å². The molecule has 2 N–H and O–H groups in total. The Bertz CT molecular complexity index is 1030. The molecule has 1 amide bonds. The van der Waals surface area contributed by atoms with Crippen LogP contribution in [0.25, 0.3) is 0 Å². The molecular formula is C20H18ClFN4O2. The number of aryl methyl sites for hydroxylation is 1. The lowest BCUT2D eigenvalue weighted by atomic mass is 10.2. The molecule has 0 unspecified atom stereocenters. The molecule has 0 fully saturated rings. The number of nitrogens with zero attached hydrogens (tertiary/aromatic N) is 2. The number of halogens is 2.